The van der Waals surface area contributed by atoms with Crippen LogP contribution in [0.4, 0.5) is 4.79 Å². The minimum Gasteiger partial charge on any atom is -0.358 e. The van der Waals surface area contributed by atoms with Crippen LogP contribution in [0.15, 0.2) is 0 Å². The smallest absolute Gasteiger partial charge is 0.315 e. The summed E-state index contributed by atoms with van der Waals surface area (Å²) < 4.78 is 0. The maximum atomic E-state index is 10.9. The van der Waals surface area contributed by atoms with Gasteiger partial charge >= 0.3 is 6.03 Å². The first-order valence-electron chi connectivity index (χ1n) is 4.03. The van der Waals surface area contributed by atoms with E-state index in [0.29, 0.717) is 0 Å². The fraction of sp³-hybridized carbons (Fsp3) is 0.571. The topological polar surface area (TPSA) is 99.3 Å². The number of hydrogen-bond donors (Lipinski definition) is 4. The Labute approximate surface area is 81.6 Å². The summed E-state index contributed by atoms with van der Waals surface area (Å²) in [6.45, 7) is -0.230. The van der Waals surface area contributed by atoms with Gasteiger partial charge in [0.1, 0.15) is 0 Å². The van der Waals surface area contributed by atoms with E-state index in [1.54, 1.807) is 0 Å². The zero-order valence-corrected chi connectivity index (χ0v) is 8.14. The summed E-state index contributed by atoms with van der Waals surface area (Å²) in [5.74, 6) is -0.611. The molecular weight excluding hydrogens is 188 g/mol. The number of carbonyl (C=O) groups is 3. The highest BCUT2D eigenvalue weighted by atomic mass is 16.2. The normalized spacial score (nSPS) is 8.71. The first-order chi connectivity index (χ1) is 6.60. The average molecular weight is 202 g/mol. The molecule has 7 heteroatoms. The van der Waals surface area contributed by atoms with Crippen molar-refractivity contribution in [2.75, 3.05) is 27.2 Å². The summed E-state index contributed by atoms with van der Waals surface area (Å²) >= 11 is 0. The molecule has 0 radical (unpaired) electrons. The van der Waals surface area contributed by atoms with Gasteiger partial charge in [-0.05, 0) is 0 Å². The largest absolute Gasteiger partial charge is 0.358 e. The number of urea groups is 1. The number of carbonyl (C=O) groups excluding carboxylic acids is 3. The van der Waals surface area contributed by atoms with Crippen LogP contribution in [0.3, 0.4) is 0 Å². The van der Waals surface area contributed by atoms with Crippen molar-refractivity contribution in [3.8, 4) is 0 Å². The van der Waals surface area contributed by atoms with Crippen molar-refractivity contribution in [3.63, 3.8) is 0 Å². The SMILES string of the molecule is CNC(=O)CNC(=O)NCC(=O)NC. The second-order valence-corrected chi connectivity index (χ2v) is 2.38. The molecular formula is C7H14N4O3. The minimum absolute atomic E-state index is 0.115. The molecule has 0 saturated heterocycles. The Kier molecular flexibility index (Phi) is 5.84. The van der Waals surface area contributed by atoms with Crippen LogP contribution in [0.5, 0.6) is 0 Å². The molecule has 0 spiro atoms. The van der Waals surface area contributed by atoms with Crippen molar-refractivity contribution < 1.29 is 14.4 Å². The molecule has 0 unspecified atom stereocenters. The predicted octanol–water partition coefficient (Wildman–Crippen LogP) is -2.22. The third kappa shape index (κ3) is 5.81. The summed E-state index contributed by atoms with van der Waals surface area (Å²) in [7, 11) is 2.93. The van der Waals surface area contributed by atoms with E-state index in [0.717, 1.165) is 0 Å². The summed E-state index contributed by atoms with van der Waals surface area (Å²) in [5.41, 5.74) is 0. The molecule has 0 aliphatic rings. The lowest BCUT2D eigenvalue weighted by molar-refractivity contribution is -0.120. The summed E-state index contributed by atoms with van der Waals surface area (Å²) in [6, 6.07) is -0.558. The standard InChI is InChI=1S/C7H14N4O3/c1-8-5(12)3-10-7(14)11-4-6(13)9-2/h3-4H2,1-2H3,(H,8,12)(H,9,13)(H2,10,11,14). The molecule has 4 N–H and O–H groups in total. The highest BCUT2D eigenvalue weighted by molar-refractivity contribution is 5.86. The molecule has 0 atom stereocenters. The lowest BCUT2D eigenvalue weighted by Crippen LogP contribution is -2.44. The van der Waals surface area contributed by atoms with E-state index >= 15 is 0 Å². The first kappa shape index (κ1) is 12.2. The molecule has 0 bridgehead atoms. The third-order valence-electron chi connectivity index (χ3n) is 1.38. The van der Waals surface area contributed by atoms with E-state index < -0.39 is 6.03 Å². The monoisotopic (exact) mass is 202 g/mol. The molecule has 0 fully saturated rings. The molecule has 80 valence electrons. The van der Waals surface area contributed by atoms with Crippen LogP contribution < -0.4 is 21.3 Å². The Bertz CT molecular complexity index is 207. The van der Waals surface area contributed by atoms with E-state index in [1.165, 1.54) is 14.1 Å². The maximum Gasteiger partial charge on any atom is 0.315 e. The van der Waals surface area contributed by atoms with E-state index in [4.69, 9.17) is 0 Å². The van der Waals surface area contributed by atoms with Gasteiger partial charge in [-0.15, -0.1) is 0 Å². The lowest BCUT2D eigenvalue weighted by Gasteiger charge is -2.05. The molecule has 0 aliphatic carbocycles. The van der Waals surface area contributed by atoms with Crippen LogP contribution in [0.25, 0.3) is 0 Å². The number of rotatable bonds is 4. The van der Waals surface area contributed by atoms with Crippen LogP contribution in [-0.4, -0.2) is 45.0 Å². The maximum absolute atomic E-state index is 10.9. The fourth-order valence-corrected chi connectivity index (χ4v) is 0.560. The first-order valence-corrected chi connectivity index (χ1v) is 4.03. The van der Waals surface area contributed by atoms with Gasteiger partial charge in [-0.3, -0.25) is 9.59 Å². The van der Waals surface area contributed by atoms with Crippen LogP contribution >= 0.6 is 0 Å². The van der Waals surface area contributed by atoms with Crippen molar-refractivity contribution in [2.45, 2.75) is 0 Å². The van der Waals surface area contributed by atoms with Crippen molar-refractivity contribution in [2.24, 2.45) is 0 Å². The number of nitrogens with one attached hydrogen (secondary N) is 4. The molecule has 0 aromatic rings. The molecule has 0 aliphatic heterocycles. The Hall–Kier alpha value is -1.79. The van der Waals surface area contributed by atoms with E-state index in [1.807, 2.05) is 0 Å². The molecule has 0 aromatic carbocycles. The zero-order chi connectivity index (χ0) is 11.0. The number of likely N-dealkylation sites (N-methyl/N-ethyl adjacent to an activating group) is 2. The zero-order valence-electron chi connectivity index (χ0n) is 8.14. The molecule has 4 amide bonds. The highest BCUT2D eigenvalue weighted by Crippen LogP contribution is 1.67. The molecule has 14 heavy (non-hydrogen) atoms. The van der Waals surface area contributed by atoms with Crippen molar-refractivity contribution >= 4 is 17.8 Å². The van der Waals surface area contributed by atoms with Crippen LogP contribution in [0.2, 0.25) is 0 Å². The van der Waals surface area contributed by atoms with E-state index in [9.17, 15) is 14.4 Å². The van der Waals surface area contributed by atoms with Gasteiger partial charge in [0.2, 0.25) is 11.8 Å². The van der Waals surface area contributed by atoms with Crippen LogP contribution in [-0.2, 0) is 9.59 Å². The quantitative estimate of drug-likeness (QED) is 0.415. The Morgan fingerprint density at radius 2 is 1.21 bits per heavy atom. The number of hydrogen-bond acceptors (Lipinski definition) is 3. The van der Waals surface area contributed by atoms with E-state index in [-0.39, 0.29) is 24.9 Å². The van der Waals surface area contributed by atoms with Crippen LogP contribution in [0.1, 0.15) is 0 Å². The van der Waals surface area contributed by atoms with Crippen molar-refractivity contribution in [3.05, 3.63) is 0 Å². The highest BCUT2D eigenvalue weighted by Gasteiger charge is 2.04. The Morgan fingerprint density at radius 3 is 1.50 bits per heavy atom. The lowest BCUT2D eigenvalue weighted by atomic mass is 10.5. The van der Waals surface area contributed by atoms with Crippen LogP contribution in [0, 0.1) is 0 Å². The van der Waals surface area contributed by atoms with Gasteiger partial charge in [0.05, 0.1) is 13.1 Å². The van der Waals surface area contributed by atoms with Gasteiger partial charge in [-0.25, -0.2) is 4.79 Å². The van der Waals surface area contributed by atoms with E-state index in [2.05, 4.69) is 21.3 Å². The molecule has 0 rings (SSSR count). The average Bonchev–Trinajstić information content (AvgIpc) is 2.22. The summed E-state index contributed by atoms with van der Waals surface area (Å²) in [6.07, 6.45) is 0. The molecule has 0 aromatic heterocycles. The molecule has 7 nitrogen and oxygen atoms in total. The van der Waals surface area contributed by atoms with Gasteiger partial charge in [0.15, 0.2) is 0 Å². The van der Waals surface area contributed by atoms with Gasteiger partial charge in [-0.1, -0.05) is 0 Å². The fourth-order valence-electron chi connectivity index (χ4n) is 0.560. The molecule has 0 heterocycles. The minimum atomic E-state index is -0.558. The number of amides is 4. The second kappa shape index (κ2) is 6.70. The van der Waals surface area contributed by atoms with Gasteiger partial charge in [-0.2, -0.15) is 0 Å². The van der Waals surface area contributed by atoms with Gasteiger partial charge < -0.3 is 21.3 Å². The van der Waals surface area contributed by atoms with Gasteiger partial charge in [0.25, 0.3) is 0 Å². The molecule has 0 saturated carbocycles. The Balaban J connectivity index is 3.56. The third-order valence-corrected chi connectivity index (χ3v) is 1.38. The summed E-state index contributed by atoms with van der Waals surface area (Å²) in [4.78, 5) is 32.3. The van der Waals surface area contributed by atoms with Crippen molar-refractivity contribution in [1.82, 2.24) is 21.3 Å². The van der Waals surface area contributed by atoms with Crippen molar-refractivity contribution in [1.29, 1.82) is 0 Å². The predicted molar refractivity (Wildman–Crippen MR) is 49.5 cm³/mol. The Morgan fingerprint density at radius 1 is 0.857 bits per heavy atom. The second-order valence-electron chi connectivity index (χ2n) is 2.38. The van der Waals surface area contributed by atoms with Gasteiger partial charge in [0, 0.05) is 14.1 Å². The summed E-state index contributed by atoms with van der Waals surface area (Å²) in [5, 5.41) is 9.21.